The van der Waals surface area contributed by atoms with E-state index in [1.807, 2.05) is 71.9 Å². The maximum Gasteiger partial charge on any atom is 0.0785 e. The fourth-order valence-corrected chi connectivity index (χ4v) is 1.61. The van der Waals surface area contributed by atoms with Gasteiger partial charge in [0.2, 0.25) is 0 Å². The van der Waals surface area contributed by atoms with Crippen molar-refractivity contribution in [2.75, 3.05) is 7.18 Å². The molecule has 1 heterocycles. The molecule has 0 N–H and O–H groups in total. The van der Waals surface area contributed by atoms with Crippen LogP contribution >= 0.6 is 0 Å². The lowest BCUT2D eigenvalue weighted by Crippen LogP contribution is -1.95. The molecule has 0 fully saturated rings. The van der Waals surface area contributed by atoms with Gasteiger partial charge in [0, 0.05) is 18.1 Å². The molecule has 26 heavy (non-hydrogen) atoms. The molecule has 0 atom stereocenters. The molecule has 1 aromatic rings. The molecule has 0 saturated carbocycles. The van der Waals surface area contributed by atoms with Gasteiger partial charge < -0.3 is 0 Å². The van der Waals surface area contributed by atoms with E-state index in [9.17, 15) is 4.39 Å². The van der Waals surface area contributed by atoms with Gasteiger partial charge in [-0.05, 0) is 49.3 Å². The van der Waals surface area contributed by atoms with Gasteiger partial charge in [0.1, 0.15) is 0 Å². The van der Waals surface area contributed by atoms with Crippen LogP contribution in [0.15, 0.2) is 84.7 Å². The topological polar surface area (TPSA) is 25.2 Å². The van der Waals surface area contributed by atoms with Gasteiger partial charge in [-0.1, -0.05) is 65.1 Å². The second-order valence-corrected chi connectivity index (χ2v) is 4.05. The van der Waals surface area contributed by atoms with Gasteiger partial charge in [0.05, 0.1) is 12.9 Å². The van der Waals surface area contributed by atoms with Crippen molar-refractivity contribution in [2.45, 2.75) is 41.5 Å². The number of alkyl halides is 1. The van der Waals surface area contributed by atoms with Gasteiger partial charge in [-0.15, -0.1) is 0 Å². The smallest absolute Gasteiger partial charge is 0.0785 e. The van der Waals surface area contributed by atoms with E-state index in [-0.39, 0.29) is 0 Å². The van der Waals surface area contributed by atoms with Crippen molar-refractivity contribution < 1.29 is 4.39 Å². The van der Waals surface area contributed by atoms with Gasteiger partial charge >= 0.3 is 0 Å². The molecular formula is C23H35FN2. The number of aliphatic imine (C=N–C) groups is 1. The Morgan fingerprint density at radius 2 is 1.73 bits per heavy atom. The molecule has 0 unspecified atom stereocenters. The lowest BCUT2D eigenvalue weighted by molar-refractivity contribution is 0.636. The van der Waals surface area contributed by atoms with E-state index in [1.165, 1.54) is 0 Å². The summed E-state index contributed by atoms with van der Waals surface area (Å²) in [4.78, 5) is 8.70. The van der Waals surface area contributed by atoms with Crippen molar-refractivity contribution in [1.29, 1.82) is 0 Å². The molecule has 0 aliphatic carbocycles. The number of nitrogens with zero attached hydrogens (tertiary/aromatic N) is 2. The highest BCUT2D eigenvalue weighted by Crippen LogP contribution is 2.16. The molecule has 0 saturated heterocycles. The second kappa shape index (κ2) is 22.5. The van der Waals surface area contributed by atoms with Gasteiger partial charge in [-0.2, -0.15) is 0 Å². The Labute approximate surface area is 160 Å². The van der Waals surface area contributed by atoms with Crippen LogP contribution in [0.1, 0.15) is 47.2 Å². The number of rotatable bonds is 6. The van der Waals surface area contributed by atoms with Crippen LogP contribution in [0.2, 0.25) is 0 Å². The minimum Gasteiger partial charge on any atom is -0.261 e. The number of hydrogen-bond acceptors (Lipinski definition) is 2. The molecule has 2 nitrogen and oxygen atoms in total. The first-order valence-electron chi connectivity index (χ1n) is 8.85. The molecule has 0 aliphatic rings. The zero-order valence-corrected chi connectivity index (χ0v) is 17.5. The van der Waals surface area contributed by atoms with Crippen LogP contribution < -0.4 is 0 Å². The van der Waals surface area contributed by atoms with Gasteiger partial charge in [-0.25, -0.2) is 0 Å². The predicted molar refractivity (Wildman–Crippen MR) is 118 cm³/mol. The van der Waals surface area contributed by atoms with E-state index in [0.29, 0.717) is 7.18 Å². The number of aromatic nitrogens is 1. The summed E-state index contributed by atoms with van der Waals surface area (Å²) in [6.07, 6.45) is 12.9. The summed E-state index contributed by atoms with van der Waals surface area (Å²) in [6, 6.07) is 5.86. The molecule has 0 amide bonds. The van der Waals surface area contributed by atoms with Crippen molar-refractivity contribution in [1.82, 2.24) is 4.98 Å². The van der Waals surface area contributed by atoms with Crippen LogP contribution in [0.25, 0.3) is 5.57 Å². The maximum absolute atomic E-state index is 9.50. The second-order valence-electron chi connectivity index (χ2n) is 4.05. The molecule has 0 bridgehead atoms. The normalized spacial score (nSPS) is 11.2. The number of allylic oxidation sites excluding steroid dienone is 7. The first-order valence-corrected chi connectivity index (χ1v) is 8.85. The van der Waals surface area contributed by atoms with E-state index in [2.05, 4.69) is 23.1 Å². The lowest BCUT2D eigenvalue weighted by Gasteiger charge is -2.04. The Morgan fingerprint density at radius 1 is 1.12 bits per heavy atom. The fourth-order valence-electron chi connectivity index (χ4n) is 1.61. The maximum atomic E-state index is 9.50. The van der Waals surface area contributed by atoms with E-state index in [1.54, 1.807) is 30.6 Å². The van der Waals surface area contributed by atoms with Crippen molar-refractivity contribution in [3.63, 3.8) is 0 Å². The van der Waals surface area contributed by atoms with Gasteiger partial charge in [0.25, 0.3) is 0 Å². The standard InChI is InChI=1S/C18H20N2.2C2H6.CH3F/c1-5-8-12-19-15(4)16(6-2)14-17(7-3)18-11-9-10-13-20-18;3*1-2/h5-14H,1-2H2,3-4H3;2*1-2H3;1H3/b12-8-,16-14+,17-7+,19-15-;;;. The lowest BCUT2D eigenvalue weighted by atomic mass is 10.0. The van der Waals surface area contributed by atoms with Gasteiger partial charge in [0.15, 0.2) is 0 Å². The summed E-state index contributed by atoms with van der Waals surface area (Å²) in [7, 11) is 0.500. The van der Waals surface area contributed by atoms with Crippen molar-refractivity contribution in [2.24, 2.45) is 4.99 Å². The summed E-state index contributed by atoms with van der Waals surface area (Å²) in [5.74, 6) is 0. The van der Waals surface area contributed by atoms with Crippen LogP contribution in [0, 0.1) is 0 Å². The summed E-state index contributed by atoms with van der Waals surface area (Å²) in [6.45, 7) is 19.4. The van der Waals surface area contributed by atoms with Crippen LogP contribution in [0.4, 0.5) is 4.39 Å². The van der Waals surface area contributed by atoms with Crippen LogP contribution in [0.3, 0.4) is 0 Å². The molecule has 1 aromatic heterocycles. The van der Waals surface area contributed by atoms with Crippen LogP contribution in [0.5, 0.6) is 0 Å². The number of halogens is 1. The fraction of sp³-hybridized carbons (Fsp3) is 0.304. The number of hydrogen-bond donors (Lipinski definition) is 0. The minimum absolute atomic E-state index is 0.500. The highest BCUT2D eigenvalue weighted by molar-refractivity contribution is 6.03. The van der Waals surface area contributed by atoms with Crippen molar-refractivity contribution in [3.05, 3.63) is 85.4 Å². The van der Waals surface area contributed by atoms with E-state index < -0.39 is 0 Å². The average molecular weight is 359 g/mol. The molecule has 0 aliphatic heterocycles. The van der Waals surface area contributed by atoms with Crippen LogP contribution in [-0.2, 0) is 0 Å². The molecule has 1 rings (SSSR count). The summed E-state index contributed by atoms with van der Waals surface area (Å²) >= 11 is 0. The quantitative estimate of drug-likeness (QED) is 0.384. The molecule has 0 aromatic carbocycles. The Morgan fingerprint density at radius 3 is 2.15 bits per heavy atom. The third kappa shape index (κ3) is 12.8. The molecular weight excluding hydrogens is 323 g/mol. The third-order valence-electron chi connectivity index (χ3n) is 2.71. The van der Waals surface area contributed by atoms with Gasteiger partial charge in [-0.3, -0.25) is 14.4 Å². The zero-order valence-electron chi connectivity index (χ0n) is 17.5. The van der Waals surface area contributed by atoms with Crippen LogP contribution in [-0.4, -0.2) is 17.9 Å². The van der Waals surface area contributed by atoms with E-state index in [4.69, 9.17) is 0 Å². The SMILES string of the molecule is C=C\C=C/N=C(C)\C(C=C)=C\C(=C/C)c1ccccn1.CC.CC.CF. The summed E-state index contributed by atoms with van der Waals surface area (Å²) in [5, 5.41) is 0. The zero-order chi connectivity index (χ0) is 20.8. The summed E-state index contributed by atoms with van der Waals surface area (Å²) in [5.41, 5.74) is 3.84. The third-order valence-corrected chi connectivity index (χ3v) is 2.71. The largest absolute Gasteiger partial charge is 0.261 e. The van der Waals surface area contributed by atoms with Crippen molar-refractivity contribution >= 4 is 11.3 Å². The molecule has 144 valence electrons. The first-order chi connectivity index (χ1) is 12.7. The Balaban J connectivity index is -0.000000795. The Hall–Kier alpha value is -2.55. The summed E-state index contributed by atoms with van der Waals surface area (Å²) < 4.78 is 9.50. The Kier molecular flexibility index (Phi) is 24.4. The molecule has 0 radical (unpaired) electrons. The number of pyridine rings is 1. The predicted octanol–water partition coefficient (Wildman–Crippen LogP) is 7.40. The Bertz CT molecular complexity index is 579. The van der Waals surface area contributed by atoms with Crippen molar-refractivity contribution in [3.8, 4) is 0 Å². The highest BCUT2D eigenvalue weighted by Gasteiger charge is 2.02. The van der Waals surface area contributed by atoms with E-state index >= 15 is 0 Å². The monoisotopic (exact) mass is 358 g/mol. The minimum atomic E-state index is 0.500. The highest BCUT2D eigenvalue weighted by atomic mass is 19.1. The molecule has 0 spiro atoms. The first kappa shape index (κ1) is 28.3. The molecule has 3 heteroatoms. The average Bonchev–Trinajstić information content (AvgIpc) is 2.74. The van der Waals surface area contributed by atoms with E-state index in [0.717, 1.165) is 22.6 Å².